The predicted molar refractivity (Wildman–Crippen MR) is 92.4 cm³/mol. The van der Waals surface area contributed by atoms with E-state index in [1.165, 1.54) is 0 Å². The predicted octanol–water partition coefficient (Wildman–Crippen LogP) is 3.24. The molecular formula is C18H19N3OS. The van der Waals surface area contributed by atoms with Gasteiger partial charge in [0.15, 0.2) is 0 Å². The summed E-state index contributed by atoms with van der Waals surface area (Å²) >= 11 is 1.60. The Labute approximate surface area is 139 Å². The molecule has 1 atom stereocenters. The van der Waals surface area contributed by atoms with E-state index in [0.29, 0.717) is 6.42 Å². The molecule has 2 aromatic heterocycles. The summed E-state index contributed by atoms with van der Waals surface area (Å²) in [5.74, 6) is 0.831. The summed E-state index contributed by atoms with van der Waals surface area (Å²) in [6.45, 7) is 2.05. The Morgan fingerprint density at radius 3 is 2.87 bits per heavy atom. The molecule has 0 aliphatic heterocycles. The molecular weight excluding hydrogens is 306 g/mol. The molecule has 0 spiro atoms. The summed E-state index contributed by atoms with van der Waals surface area (Å²) in [5, 5.41) is 5.11. The van der Waals surface area contributed by atoms with Gasteiger partial charge in [0.05, 0.1) is 6.42 Å². The summed E-state index contributed by atoms with van der Waals surface area (Å²) in [4.78, 5) is 17.9. The normalized spacial score (nSPS) is 12.1. The number of rotatable bonds is 5. The van der Waals surface area contributed by atoms with Crippen molar-refractivity contribution in [1.29, 1.82) is 0 Å². The minimum absolute atomic E-state index is 0.00181. The van der Waals surface area contributed by atoms with Crippen molar-refractivity contribution in [3.05, 3.63) is 76.0 Å². The smallest absolute Gasteiger partial charge is 0.226 e. The summed E-state index contributed by atoms with van der Waals surface area (Å²) in [6, 6.07) is 11.9. The van der Waals surface area contributed by atoms with Crippen LogP contribution in [0.3, 0.4) is 0 Å². The van der Waals surface area contributed by atoms with Gasteiger partial charge in [-0.05, 0) is 23.9 Å². The Morgan fingerprint density at radius 1 is 1.35 bits per heavy atom. The van der Waals surface area contributed by atoms with Crippen molar-refractivity contribution in [2.75, 3.05) is 0 Å². The van der Waals surface area contributed by atoms with E-state index in [1.807, 2.05) is 60.4 Å². The fourth-order valence-corrected chi connectivity index (χ4v) is 3.29. The highest BCUT2D eigenvalue weighted by atomic mass is 32.1. The van der Waals surface area contributed by atoms with E-state index in [2.05, 4.69) is 16.4 Å². The first kappa shape index (κ1) is 15.5. The molecule has 118 valence electrons. The molecule has 5 heteroatoms. The average molecular weight is 325 g/mol. The zero-order chi connectivity index (χ0) is 16.2. The summed E-state index contributed by atoms with van der Waals surface area (Å²) < 4.78 is 1.94. The zero-order valence-corrected chi connectivity index (χ0v) is 14.0. The molecule has 0 aliphatic carbocycles. The number of nitrogens with one attached hydrogen (secondary N) is 1. The molecule has 0 bridgehead atoms. The highest BCUT2D eigenvalue weighted by molar-refractivity contribution is 7.10. The number of hydrogen-bond donors (Lipinski definition) is 1. The monoisotopic (exact) mass is 325 g/mol. The topological polar surface area (TPSA) is 46.9 Å². The van der Waals surface area contributed by atoms with Crippen LogP contribution in [0.4, 0.5) is 0 Å². The maximum absolute atomic E-state index is 12.4. The first-order chi connectivity index (χ1) is 11.1. The molecule has 0 saturated heterocycles. The van der Waals surface area contributed by atoms with Crippen LogP contribution in [0.25, 0.3) is 0 Å². The van der Waals surface area contributed by atoms with Crippen LogP contribution in [0.2, 0.25) is 0 Å². The average Bonchev–Trinajstić information content (AvgIpc) is 3.16. The lowest BCUT2D eigenvalue weighted by atomic mass is 10.0. The van der Waals surface area contributed by atoms with Crippen molar-refractivity contribution in [2.45, 2.75) is 19.4 Å². The third-order valence-corrected chi connectivity index (χ3v) is 4.59. The van der Waals surface area contributed by atoms with Crippen molar-refractivity contribution < 1.29 is 4.79 Å². The largest absolute Gasteiger partial charge is 0.342 e. The molecule has 0 aliphatic rings. The molecule has 1 unspecified atom stereocenters. The Morgan fingerprint density at radius 2 is 2.22 bits per heavy atom. The van der Waals surface area contributed by atoms with Crippen molar-refractivity contribution in [2.24, 2.45) is 7.05 Å². The van der Waals surface area contributed by atoms with Crippen molar-refractivity contribution >= 4 is 17.2 Å². The number of imidazole rings is 1. The van der Waals surface area contributed by atoms with Crippen LogP contribution in [0.1, 0.15) is 27.9 Å². The van der Waals surface area contributed by atoms with Gasteiger partial charge in [0.25, 0.3) is 0 Å². The molecule has 4 nitrogen and oxygen atoms in total. The number of thiophene rings is 1. The van der Waals surface area contributed by atoms with Gasteiger partial charge in [0.1, 0.15) is 11.9 Å². The van der Waals surface area contributed by atoms with Gasteiger partial charge >= 0.3 is 0 Å². The van der Waals surface area contributed by atoms with Gasteiger partial charge in [-0.3, -0.25) is 4.79 Å². The summed E-state index contributed by atoms with van der Waals surface area (Å²) in [6.07, 6.45) is 4.04. The third kappa shape index (κ3) is 3.68. The SMILES string of the molecule is Cc1cccc(C(NC(=O)Cc2cccs2)c2nccn2C)c1. The lowest BCUT2D eigenvalue weighted by Crippen LogP contribution is -2.32. The minimum atomic E-state index is -0.248. The van der Waals surface area contributed by atoms with Crippen LogP contribution < -0.4 is 5.32 Å². The van der Waals surface area contributed by atoms with Gasteiger partial charge in [0.2, 0.25) is 5.91 Å². The molecule has 3 rings (SSSR count). The number of carbonyl (C=O) groups excluding carboxylic acids is 1. The Hall–Kier alpha value is -2.40. The standard InChI is InChI=1S/C18H19N3OS/c1-13-5-3-6-14(11-13)17(18-19-8-9-21(18)2)20-16(22)12-15-7-4-10-23-15/h3-11,17H,12H2,1-2H3,(H,20,22). The first-order valence-electron chi connectivity index (χ1n) is 7.49. The Kier molecular flexibility index (Phi) is 4.57. The van der Waals surface area contributed by atoms with Crippen molar-refractivity contribution in [3.8, 4) is 0 Å². The fraction of sp³-hybridized carbons (Fsp3) is 0.222. The van der Waals surface area contributed by atoms with Crippen LogP contribution in [0.5, 0.6) is 0 Å². The van der Waals surface area contributed by atoms with E-state index in [-0.39, 0.29) is 11.9 Å². The van der Waals surface area contributed by atoms with Gasteiger partial charge in [0, 0.05) is 24.3 Å². The maximum atomic E-state index is 12.4. The van der Waals surface area contributed by atoms with Crippen LogP contribution in [0, 0.1) is 6.92 Å². The molecule has 2 heterocycles. The van der Waals surface area contributed by atoms with E-state index in [0.717, 1.165) is 21.8 Å². The van der Waals surface area contributed by atoms with Gasteiger partial charge in [-0.15, -0.1) is 11.3 Å². The molecule has 0 radical (unpaired) electrons. The van der Waals surface area contributed by atoms with E-state index in [9.17, 15) is 4.79 Å². The molecule has 1 amide bonds. The highest BCUT2D eigenvalue weighted by Crippen LogP contribution is 2.22. The summed E-state index contributed by atoms with van der Waals surface area (Å²) in [5.41, 5.74) is 2.20. The third-order valence-electron chi connectivity index (χ3n) is 3.71. The Balaban J connectivity index is 1.86. The number of aryl methyl sites for hydroxylation is 2. The maximum Gasteiger partial charge on any atom is 0.226 e. The molecule has 1 N–H and O–H groups in total. The lowest BCUT2D eigenvalue weighted by Gasteiger charge is -2.19. The highest BCUT2D eigenvalue weighted by Gasteiger charge is 2.21. The van der Waals surface area contributed by atoms with Crippen LogP contribution >= 0.6 is 11.3 Å². The zero-order valence-electron chi connectivity index (χ0n) is 13.2. The van der Waals surface area contributed by atoms with Crippen LogP contribution in [-0.2, 0) is 18.3 Å². The van der Waals surface area contributed by atoms with Gasteiger partial charge < -0.3 is 9.88 Å². The number of amides is 1. The van der Waals surface area contributed by atoms with Crippen LogP contribution in [0.15, 0.2) is 54.2 Å². The van der Waals surface area contributed by atoms with E-state index >= 15 is 0 Å². The quantitative estimate of drug-likeness (QED) is 0.783. The fourth-order valence-electron chi connectivity index (χ4n) is 2.59. The second kappa shape index (κ2) is 6.79. The van der Waals surface area contributed by atoms with E-state index < -0.39 is 0 Å². The second-order valence-electron chi connectivity index (χ2n) is 5.57. The number of hydrogen-bond acceptors (Lipinski definition) is 3. The lowest BCUT2D eigenvalue weighted by molar-refractivity contribution is -0.120. The van der Waals surface area contributed by atoms with Gasteiger partial charge in [-0.2, -0.15) is 0 Å². The Bertz CT molecular complexity index is 792. The van der Waals surface area contributed by atoms with Gasteiger partial charge in [-0.1, -0.05) is 35.9 Å². The van der Waals surface area contributed by atoms with E-state index in [4.69, 9.17) is 0 Å². The summed E-state index contributed by atoms with van der Waals surface area (Å²) in [7, 11) is 1.94. The number of aromatic nitrogens is 2. The molecule has 1 aromatic carbocycles. The first-order valence-corrected chi connectivity index (χ1v) is 8.37. The molecule has 0 saturated carbocycles. The van der Waals surface area contributed by atoms with Crippen molar-refractivity contribution in [3.63, 3.8) is 0 Å². The minimum Gasteiger partial charge on any atom is -0.342 e. The molecule has 3 aromatic rings. The van der Waals surface area contributed by atoms with Crippen molar-refractivity contribution in [1.82, 2.24) is 14.9 Å². The number of nitrogens with zero attached hydrogens (tertiary/aromatic N) is 2. The molecule has 23 heavy (non-hydrogen) atoms. The van der Waals surface area contributed by atoms with Crippen LogP contribution in [-0.4, -0.2) is 15.5 Å². The second-order valence-corrected chi connectivity index (χ2v) is 6.60. The number of benzene rings is 1. The number of carbonyl (C=O) groups is 1. The van der Waals surface area contributed by atoms with Gasteiger partial charge in [-0.25, -0.2) is 4.98 Å². The van der Waals surface area contributed by atoms with E-state index in [1.54, 1.807) is 17.5 Å². The molecule has 0 fully saturated rings.